The fourth-order valence-corrected chi connectivity index (χ4v) is 4.95. The number of nitrogens with one attached hydrogen (secondary N) is 3. The van der Waals surface area contributed by atoms with Crippen molar-refractivity contribution < 1.29 is 32.8 Å². The van der Waals surface area contributed by atoms with Gasteiger partial charge in [0.1, 0.15) is 11.4 Å². The summed E-state index contributed by atoms with van der Waals surface area (Å²) in [7, 11) is -2.52. The average molecular weight is 533 g/mol. The molecule has 1 fully saturated rings. The third-order valence-corrected chi connectivity index (χ3v) is 7.69. The number of halogens is 1. The number of methoxy groups -OCH3 is 1. The van der Waals surface area contributed by atoms with Crippen LogP contribution < -0.4 is 14.8 Å². The van der Waals surface area contributed by atoms with E-state index in [1.807, 2.05) is 0 Å². The molecule has 198 valence electrons. The molecule has 0 spiro atoms. The number of carbonyl (C=O) groups is 1. The van der Waals surface area contributed by atoms with Gasteiger partial charge < -0.3 is 24.7 Å². The summed E-state index contributed by atoms with van der Waals surface area (Å²) in [6.07, 6.45) is 6.19. The maximum atomic E-state index is 14.7. The van der Waals surface area contributed by atoms with E-state index in [-0.39, 0.29) is 5.56 Å². The molecule has 2 amide bonds. The highest BCUT2D eigenvalue weighted by Crippen LogP contribution is 2.38. The van der Waals surface area contributed by atoms with E-state index in [0.29, 0.717) is 40.6 Å². The van der Waals surface area contributed by atoms with Crippen molar-refractivity contribution in [1.82, 2.24) is 9.71 Å². The predicted octanol–water partition coefficient (Wildman–Crippen LogP) is 4.17. The number of furan rings is 1. The highest BCUT2D eigenvalue weighted by molar-refractivity contribution is 7.91. The molecule has 4 rings (SSSR count). The van der Waals surface area contributed by atoms with Gasteiger partial charge in [0.2, 0.25) is 11.0 Å². The second-order valence-electron chi connectivity index (χ2n) is 9.27. The first-order valence-corrected chi connectivity index (χ1v) is 13.2. The van der Waals surface area contributed by atoms with Gasteiger partial charge in [0.05, 0.1) is 25.7 Å². The van der Waals surface area contributed by atoms with Crippen molar-refractivity contribution in [2.75, 3.05) is 19.0 Å². The number of pyridine rings is 1. The molecular formula is C25H29FN4O6S. The molecule has 3 aromatic rings. The lowest BCUT2D eigenvalue weighted by Crippen LogP contribution is -2.34. The van der Waals surface area contributed by atoms with Gasteiger partial charge in [-0.2, -0.15) is 0 Å². The van der Waals surface area contributed by atoms with Gasteiger partial charge >= 0.3 is 6.03 Å². The molecule has 12 heteroatoms. The van der Waals surface area contributed by atoms with Crippen LogP contribution in [0.1, 0.15) is 37.3 Å². The van der Waals surface area contributed by atoms with Crippen molar-refractivity contribution in [1.29, 1.82) is 4.78 Å². The molecule has 0 aliphatic heterocycles. The van der Waals surface area contributed by atoms with E-state index in [1.165, 1.54) is 32.4 Å². The van der Waals surface area contributed by atoms with E-state index in [4.69, 9.17) is 13.9 Å². The molecule has 10 nitrogen and oxygen atoms in total. The Balaban J connectivity index is 1.66. The molecule has 1 aromatic carbocycles. The van der Waals surface area contributed by atoms with Gasteiger partial charge in [-0.25, -0.2) is 27.9 Å². The lowest BCUT2D eigenvalue weighted by Gasteiger charge is -2.27. The van der Waals surface area contributed by atoms with Crippen LogP contribution in [0.5, 0.6) is 5.88 Å². The third-order valence-electron chi connectivity index (χ3n) is 6.44. The Hall–Kier alpha value is -3.48. The van der Waals surface area contributed by atoms with Crippen molar-refractivity contribution in [2.45, 2.75) is 43.3 Å². The van der Waals surface area contributed by atoms with Gasteiger partial charge in [-0.15, -0.1) is 0 Å². The fraction of sp³-hybridized carbons (Fsp3) is 0.360. The molecule has 2 heterocycles. The molecule has 37 heavy (non-hydrogen) atoms. The highest BCUT2D eigenvalue weighted by atomic mass is 32.2. The van der Waals surface area contributed by atoms with Crippen LogP contribution in [0.4, 0.5) is 14.9 Å². The van der Waals surface area contributed by atoms with Crippen LogP contribution in [0, 0.1) is 16.5 Å². The number of aliphatic hydroxyl groups excluding tert-OH is 1. The van der Waals surface area contributed by atoms with Gasteiger partial charge in [0.25, 0.3) is 0 Å². The largest absolute Gasteiger partial charge is 0.481 e. The molecule has 2 aromatic heterocycles. The number of carbonyl (C=O) groups excluding carboxylic acids is 1. The molecule has 0 radical (unpaired) electrons. The first-order valence-electron chi connectivity index (χ1n) is 11.6. The molecule has 0 saturated heterocycles. The number of anilines is 1. The van der Waals surface area contributed by atoms with Gasteiger partial charge in [-0.05, 0) is 48.6 Å². The zero-order valence-electron chi connectivity index (χ0n) is 20.4. The number of aliphatic hydroxyl groups is 2. The van der Waals surface area contributed by atoms with Gasteiger partial charge in [0, 0.05) is 29.5 Å². The summed E-state index contributed by atoms with van der Waals surface area (Å²) >= 11 is 0. The Morgan fingerprint density at radius 1 is 1.35 bits per heavy atom. The first-order chi connectivity index (χ1) is 17.5. The monoisotopic (exact) mass is 532 g/mol. The Morgan fingerprint density at radius 3 is 2.76 bits per heavy atom. The summed E-state index contributed by atoms with van der Waals surface area (Å²) in [5, 5.41) is 21.8. The zero-order valence-corrected chi connectivity index (χ0v) is 21.2. The SMILES string of the molecule is COc1cc(-c2cc(F)cc(CC3CCC3)c2NC(=O)NS(=N)(=O)c2cc(C(C)(O)CO)co2)ccn1. The summed E-state index contributed by atoms with van der Waals surface area (Å²) in [4.78, 5) is 17.1. The van der Waals surface area contributed by atoms with Crippen LogP contribution in [0.2, 0.25) is 0 Å². The number of hydrogen-bond donors (Lipinski definition) is 5. The molecule has 1 aliphatic carbocycles. The van der Waals surface area contributed by atoms with Crippen LogP contribution >= 0.6 is 0 Å². The number of aromatic nitrogens is 1. The molecule has 0 bridgehead atoms. The number of urea groups is 1. The molecule has 1 aliphatic rings. The lowest BCUT2D eigenvalue weighted by molar-refractivity contribution is -0.00272. The summed E-state index contributed by atoms with van der Waals surface area (Å²) in [6, 6.07) is 6.08. The Labute approximate surface area is 214 Å². The molecule has 5 N–H and O–H groups in total. The molecule has 1 saturated carbocycles. The van der Waals surface area contributed by atoms with Crippen molar-refractivity contribution in [3.63, 3.8) is 0 Å². The second kappa shape index (κ2) is 10.5. The summed E-state index contributed by atoms with van der Waals surface area (Å²) in [5.74, 6) is 0.181. The van der Waals surface area contributed by atoms with Crippen LogP contribution in [-0.2, 0) is 21.9 Å². The minimum Gasteiger partial charge on any atom is -0.481 e. The van der Waals surface area contributed by atoms with Crippen molar-refractivity contribution >= 4 is 21.6 Å². The highest BCUT2D eigenvalue weighted by Gasteiger charge is 2.28. The van der Waals surface area contributed by atoms with Gasteiger partial charge in [-0.1, -0.05) is 19.3 Å². The smallest absolute Gasteiger partial charge is 0.332 e. The number of amides is 2. The maximum Gasteiger partial charge on any atom is 0.332 e. The van der Waals surface area contributed by atoms with E-state index < -0.39 is 39.1 Å². The van der Waals surface area contributed by atoms with E-state index in [2.05, 4.69) is 15.0 Å². The number of rotatable bonds is 9. The Bertz CT molecular complexity index is 1400. The summed E-state index contributed by atoms with van der Waals surface area (Å²) in [5.41, 5.74) is 0.234. The standard InChI is InChI=1S/C25H29FN4O6S/c1-25(33,14-31)18-11-22(36-13-18)37(27,34)30-24(32)29-23-17(8-15-4-3-5-15)9-19(26)12-20(23)16-6-7-28-21(10-16)35-2/h6-7,9-13,15,31,33H,3-5,8,14H2,1-2H3,(H3,27,29,30,32,34). The van der Waals surface area contributed by atoms with Gasteiger partial charge in [0.15, 0.2) is 9.92 Å². The van der Waals surface area contributed by atoms with E-state index >= 15 is 0 Å². The fourth-order valence-electron chi connectivity index (χ4n) is 4.06. The van der Waals surface area contributed by atoms with E-state index in [1.54, 1.807) is 12.1 Å². The minimum absolute atomic E-state index is 0.0995. The van der Waals surface area contributed by atoms with Crippen LogP contribution in [0.3, 0.4) is 0 Å². The van der Waals surface area contributed by atoms with Crippen LogP contribution in [0.15, 0.2) is 52.3 Å². The van der Waals surface area contributed by atoms with Crippen molar-refractivity contribution in [2.24, 2.45) is 5.92 Å². The average Bonchev–Trinajstić information content (AvgIpc) is 3.35. The Kier molecular flexibility index (Phi) is 7.53. The first kappa shape index (κ1) is 26.6. The molecule has 2 unspecified atom stereocenters. The maximum absolute atomic E-state index is 14.7. The minimum atomic E-state index is -3.98. The third kappa shape index (κ3) is 5.92. The summed E-state index contributed by atoms with van der Waals surface area (Å²) < 4.78 is 48.3. The van der Waals surface area contributed by atoms with Crippen LogP contribution in [-0.4, -0.2) is 39.2 Å². The summed E-state index contributed by atoms with van der Waals surface area (Å²) in [6.45, 7) is 0.692. The topological polar surface area (TPSA) is 158 Å². The number of hydrogen-bond acceptors (Lipinski definition) is 8. The zero-order chi connectivity index (χ0) is 26.8. The number of ether oxygens (including phenoxy) is 1. The quantitative estimate of drug-likeness (QED) is 0.277. The van der Waals surface area contributed by atoms with E-state index in [9.17, 15) is 23.6 Å². The van der Waals surface area contributed by atoms with Crippen LogP contribution in [0.25, 0.3) is 11.1 Å². The normalized spacial score (nSPS) is 16.8. The van der Waals surface area contributed by atoms with Crippen molar-refractivity contribution in [3.05, 3.63) is 59.7 Å². The predicted molar refractivity (Wildman–Crippen MR) is 134 cm³/mol. The van der Waals surface area contributed by atoms with Crippen molar-refractivity contribution in [3.8, 4) is 17.0 Å². The molecule has 2 atom stereocenters. The Morgan fingerprint density at radius 2 is 2.11 bits per heavy atom. The lowest BCUT2D eigenvalue weighted by atomic mass is 9.80. The van der Waals surface area contributed by atoms with E-state index in [0.717, 1.165) is 31.6 Å². The number of benzene rings is 1. The second-order valence-corrected chi connectivity index (χ2v) is 11.0. The molecular weight excluding hydrogens is 503 g/mol. The van der Waals surface area contributed by atoms with Gasteiger partial charge in [-0.3, -0.25) is 0 Å². The number of nitrogens with zero attached hydrogens (tertiary/aromatic N) is 1.